The first-order valence-corrected chi connectivity index (χ1v) is 7.22. The second kappa shape index (κ2) is 5.22. The lowest BCUT2D eigenvalue weighted by Crippen LogP contribution is -2.41. The zero-order valence-corrected chi connectivity index (χ0v) is 11.8. The Kier molecular flexibility index (Phi) is 3.85. The Morgan fingerprint density at radius 1 is 1.56 bits per heavy atom. The number of hydrogen-bond acceptors (Lipinski definition) is 3. The van der Waals surface area contributed by atoms with Gasteiger partial charge in [0.25, 0.3) is 0 Å². The molecule has 0 saturated heterocycles. The van der Waals surface area contributed by atoms with Crippen molar-refractivity contribution in [2.75, 3.05) is 17.2 Å². The van der Waals surface area contributed by atoms with Crippen molar-refractivity contribution in [1.29, 1.82) is 0 Å². The Hall–Kier alpha value is -1.16. The van der Waals surface area contributed by atoms with Crippen LogP contribution < -0.4 is 4.90 Å². The SMILES string of the molecule is CC(C)c1ccc2c(c1)SCC(C)N2CC(=O)O. The fourth-order valence-corrected chi connectivity index (χ4v) is 3.32. The van der Waals surface area contributed by atoms with Crippen LogP contribution in [-0.4, -0.2) is 29.4 Å². The zero-order chi connectivity index (χ0) is 13.3. The molecule has 1 atom stereocenters. The highest BCUT2D eigenvalue weighted by Gasteiger charge is 2.25. The minimum atomic E-state index is -0.771. The van der Waals surface area contributed by atoms with Crippen molar-refractivity contribution in [3.8, 4) is 0 Å². The van der Waals surface area contributed by atoms with Crippen molar-refractivity contribution < 1.29 is 9.90 Å². The van der Waals surface area contributed by atoms with Gasteiger partial charge in [-0.1, -0.05) is 19.9 Å². The molecule has 0 aliphatic carbocycles. The van der Waals surface area contributed by atoms with Crippen LogP contribution in [0.5, 0.6) is 0 Å². The van der Waals surface area contributed by atoms with Gasteiger partial charge in [-0.2, -0.15) is 0 Å². The second-order valence-corrected chi connectivity index (χ2v) is 6.13. The molecule has 2 rings (SSSR count). The molecular weight excluding hydrogens is 246 g/mol. The number of benzene rings is 1. The third-order valence-electron chi connectivity index (χ3n) is 3.28. The highest BCUT2D eigenvalue weighted by Crippen LogP contribution is 2.38. The van der Waals surface area contributed by atoms with E-state index < -0.39 is 5.97 Å². The molecule has 0 spiro atoms. The number of carbonyl (C=O) groups is 1. The Labute approximate surface area is 112 Å². The molecule has 1 N–H and O–H groups in total. The maximum atomic E-state index is 10.9. The lowest BCUT2D eigenvalue weighted by molar-refractivity contribution is -0.135. The summed E-state index contributed by atoms with van der Waals surface area (Å²) in [6.07, 6.45) is 0. The fourth-order valence-electron chi connectivity index (χ4n) is 2.17. The van der Waals surface area contributed by atoms with E-state index in [0.717, 1.165) is 11.4 Å². The van der Waals surface area contributed by atoms with Crippen LogP contribution in [0.2, 0.25) is 0 Å². The molecule has 1 aromatic rings. The standard InChI is InChI=1S/C14H19NO2S/c1-9(2)11-4-5-12-13(6-11)18-8-10(3)15(12)7-14(16)17/h4-6,9-10H,7-8H2,1-3H3,(H,16,17). The van der Waals surface area contributed by atoms with Gasteiger partial charge in [-0.3, -0.25) is 4.79 Å². The van der Waals surface area contributed by atoms with E-state index in [9.17, 15) is 4.79 Å². The normalized spacial score (nSPS) is 18.9. The molecule has 3 nitrogen and oxygen atoms in total. The first-order chi connectivity index (χ1) is 8.49. The summed E-state index contributed by atoms with van der Waals surface area (Å²) in [6.45, 7) is 6.50. The molecule has 1 heterocycles. The minimum absolute atomic E-state index is 0.0791. The molecule has 98 valence electrons. The summed E-state index contributed by atoms with van der Waals surface area (Å²) in [7, 11) is 0. The van der Waals surface area contributed by atoms with Gasteiger partial charge in [-0.25, -0.2) is 0 Å². The molecular formula is C14H19NO2S. The number of anilines is 1. The molecule has 0 bridgehead atoms. The first kappa shape index (κ1) is 13.3. The molecule has 0 amide bonds. The molecule has 1 aromatic carbocycles. The fraction of sp³-hybridized carbons (Fsp3) is 0.500. The van der Waals surface area contributed by atoms with Gasteiger partial charge in [0.05, 0.1) is 5.69 Å². The summed E-state index contributed by atoms with van der Waals surface area (Å²) in [6, 6.07) is 6.64. The molecule has 0 fully saturated rings. The van der Waals surface area contributed by atoms with E-state index >= 15 is 0 Å². The molecule has 18 heavy (non-hydrogen) atoms. The number of carboxylic acid groups (broad SMARTS) is 1. The minimum Gasteiger partial charge on any atom is -0.480 e. The maximum Gasteiger partial charge on any atom is 0.323 e. The van der Waals surface area contributed by atoms with Gasteiger partial charge in [0.15, 0.2) is 0 Å². The third kappa shape index (κ3) is 2.64. The smallest absolute Gasteiger partial charge is 0.323 e. The van der Waals surface area contributed by atoms with Crippen molar-refractivity contribution in [2.24, 2.45) is 0 Å². The summed E-state index contributed by atoms with van der Waals surface area (Å²) in [5, 5.41) is 9.00. The topological polar surface area (TPSA) is 40.5 Å². The van der Waals surface area contributed by atoms with Gasteiger partial charge in [-0.05, 0) is 30.5 Å². The van der Waals surface area contributed by atoms with E-state index in [1.54, 1.807) is 0 Å². The maximum absolute atomic E-state index is 10.9. The van der Waals surface area contributed by atoms with Gasteiger partial charge < -0.3 is 10.0 Å². The van der Waals surface area contributed by atoms with Crippen molar-refractivity contribution in [1.82, 2.24) is 0 Å². The lowest BCUT2D eigenvalue weighted by Gasteiger charge is -2.35. The van der Waals surface area contributed by atoms with E-state index in [1.165, 1.54) is 10.5 Å². The predicted molar refractivity (Wildman–Crippen MR) is 75.7 cm³/mol. The van der Waals surface area contributed by atoms with Gasteiger partial charge in [0.1, 0.15) is 6.54 Å². The van der Waals surface area contributed by atoms with Crippen LogP contribution in [0, 0.1) is 0 Å². The molecule has 1 aliphatic rings. The lowest BCUT2D eigenvalue weighted by atomic mass is 10.0. The number of carboxylic acids is 1. The van der Waals surface area contributed by atoms with E-state index in [2.05, 4.69) is 39.0 Å². The Morgan fingerprint density at radius 2 is 2.28 bits per heavy atom. The van der Waals surface area contributed by atoms with Crippen molar-refractivity contribution in [2.45, 2.75) is 37.6 Å². The predicted octanol–water partition coefficient (Wildman–Crippen LogP) is 3.20. The quantitative estimate of drug-likeness (QED) is 0.911. The Morgan fingerprint density at radius 3 is 2.89 bits per heavy atom. The summed E-state index contributed by atoms with van der Waals surface area (Å²) in [5.41, 5.74) is 2.37. The second-order valence-electron chi connectivity index (χ2n) is 5.06. The van der Waals surface area contributed by atoms with Crippen LogP contribution >= 0.6 is 11.8 Å². The summed E-state index contributed by atoms with van der Waals surface area (Å²) >= 11 is 1.82. The Bertz CT molecular complexity index is 459. The zero-order valence-electron chi connectivity index (χ0n) is 11.0. The number of aliphatic carboxylic acids is 1. The van der Waals surface area contributed by atoms with E-state index in [4.69, 9.17) is 5.11 Å². The Balaban J connectivity index is 2.35. The van der Waals surface area contributed by atoms with Crippen LogP contribution in [0.15, 0.2) is 23.1 Å². The van der Waals surface area contributed by atoms with Crippen molar-refractivity contribution in [3.63, 3.8) is 0 Å². The molecule has 1 aliphatic heterocycles. The van der Waals surface area contributed by atoms with Crippen LogP contribution in [0.1, 0.15) is 32.3 Å². The summed E-state index contributed by atoms with van der Waals surface area (Å²) in [5.74, 6) is 0.678. The molecule has 0 saturated carbocycles. The molecule has 1 unspecified atom stereocenters. The van der Waals surface area contributed by atoms with Gasteiger partial charge in [-0.15, -0.1) is 11.8 Å². The first-order valence-electron chi connectivity index (χ1n) is 6.24. The number of fused-ring (bicyclic) bond motifs is 1. The van der Waals surface area contributed by atoms with E-state index in [-0.39, 0.29) is 12.6 Å². The van der Waals surface area contributed by atoms with Crippen molar-refractivity contribution >= 4 is 23.4 Å². The van der Waals surface area contributed by atoms with E-state index in [0.29, 0.717) is 5.92 Å². The van der Waals surface area contributed by atoms with Crippen LogP contribution in [0.25, 0.3) is 0 Å². The van der Waals surface area contributed by atoms with Crippen molar-refractivity contribution in [3.05, 3.63) is 23.8 Å². The summed E-state index contributed by atoms with van der Waals surface area (Å²) < 4.78 is 0. The monoisotopic (exact) mass is 265 g/mol. The van der Waals surface area contributed by atoms with Gasteiger partial charge in [0.2, 0.25) is 0 Å². The van der Waals surface area contributed by atoms with Gasteiger partial charge >= 0.3 is 5.97 Å². The number of rotatable bonds is 3. The molecule has 0 aromatic heterocycles. The largest absolute Gasteiger partial charge is 0.480 e. The van der Waals surface area contributed by atoms with Crippen LogP contribution in [0.3, 0.4) is 0 Å². The molecule has 0 radical (unpaired) electrons. The van der Waals surface area contributed by atoms with Crippen LogP contribution in [-0.2, 0) is 4.79 Å². The highest BCUT2D eigenvalue weighted by atomic mass is 32.2. The van der Waals surface area contributed by atoms with E-state index in [1.807, 2.05) is 16.7 Å². The average molecular weight is 265 g/mol. The number of thioether (sulfide) groups is 1. The third-order valence-corrected chi connectivity index (χ3v) is 4.56. The highest BCUT2D eigenvalue weighted by molar-refractivity contribution is 7.99. The van der Waals surface area contributed by atoms with Gasteiger partial charge in [0, 0.05) is 16.7 Å². The molecule has 4 heteroatoms. The average Bonchev–Trinajstić information content (AvgIpc) is 2.31. The van der Waals surface area contributed by atoms with Crippen LogP contribution in [0.4, 0.5) is 5.69 Å². The summed E-state index contributed by atoms with van der Waals surface area (Å²) in [4.78, 5) is 14.1. The number of hydrogen-bond donors (Lipinski definition) is 1. The number of nitrogens with zero attached hydrogens (tertiary/aromatic N) is 1.